The molecule has 7 heteroatoms. The summed E-state index contributed by atoms with van der Waals surface area (Å²) in [4.78, 5) is 12.8. The van der Waals surface area contributed by atoms with E-state index in [-0.39, 0.29) is 0 Å². The van der Waals surface area contributed by atoms with Crippen molar-refractivity contribution in [1.82, 2.24) is 24.7 Å². The lowest BCUT2D eigenvalue weighted by Gasteiger charge is -2.08. The van der Waals surface area contributed by atoms with E-state index in [1.165, 1.54) is 6.20 Å². The molecule has 3 heterocycles. The molecule has 0 saturated carbocycles. The van der Waals surface area contributed by atoms with Crippen LogP contribution in [0.2, 0.25) is 5.15 Å². The number of aromatic nitrogens is 5. The van der Waals surface area contributed by atoms with Crippen molar-refractivity contribution in [3.8, 4) is 0 Å². The quantitative estimate of drug-likeness (QED) is 0.582. The van der Waals surface area contributed by atoms with Gasteiger partial charge in [0.25, 0.3) is 0 Å². The van der Waals surface area contributed by atoms with Gasteiger partial charge in [0.05, 0.1) is 36.3 Å². The number of pyridine rings is 1. The van der Waals surface area contributed by atoms with E-state index in [0.717, 1.165) is 27.9 Å². The van der Waals surface area contributed by atoms with Crippen LogP contribution in [-0.4, -0.2) is 24.7 Å². The number of anilines is 1. The Labute approximate surface area is 155 Å². The highest BCUT2D eigenvalue weighted by Gasteiger charge is 2.08. The average Bonchev–Trinajstić information content (AvgIpc) is 3.04. The lowest BCUT2D eigenvalue weighted by molar-refractivity contribution is 0.694. The van der Waals surface area contributed by atoms with Crippen LogP contribution in [0.1, 0.15) is 17.0 Å². The van der Waals surface area contributed by atoms with Crippen molar-refractivity contribution in [2.75, 3.05) is 5.32 Å². The Kier molecular flexibility index (Phi) is 4.50. The van der Waals surface area contributed by atoms with E-state index < -0.39 is 0 Å². The van der Waals surface area contributed by atoms with E-state index in [1.807, 2.05) is 42.1 Å². The van der Waals surface area contributed by atoms with Crippen molar-refractivity contribution in [2.24, 2.45) is 0 Å². The van der Waals surface area contributed by atoms with Gasteiger partial charge in [0.15, 0.2) is 0 Å². The molecule has 0 unspecified atom stereocenters. The third kappa shape index (κ3) is 3.50. The van der Waals surface area contributed by atoms with Crippen molar-refractivity contribution in [2.45, 2.75) is 20.0 Å². The number of hydrogen-bond acceptors (Lipinski definition) is 5. The second kappa shape index (κ2) is 7.09. The highest BCUT2D eigenvalue weighted by Crippen LogP contribution is 2.20. The molecule has 6 nitrogen and oxygen atoms in total. The molecule has 26 heavy (non-hydrogen) atoms. The molecular weight excluding hydrogens is 348 g/mol. The number of hydrogen-bond donors (Lipinski definition) is 1. The van der Waals surface area contributed by atoms with Gasteiger partial charge in [-0.1, -0.05) is 29.8 Å². The summed E-state index contributed by atoms with van der Waals surface area (Å²) in [6.45, 7) is 3.25. The molecule has 0 aliphatic rings. The Hall–Kier alpha value is -2.99. The molecule has 0 fully saturated rings. The van der Waals surface area contributed by atoms with Crippen LogP contribution >= 0.6 is 11.6 Å². The molecule has 1 N–H and O–H groups in total. The maximum atomic E-state index is 5.88. The van der Waals surface area contributed by atoms with E-state index in [2.05, 4.69) is 37.5 Å². The molecule has 0 aliphatic carbocycles. The van der Waals surface area contributed by atoms with Gasteiger partial charge in [0.1, 0.15) is 11.0 Å². The second-order valence-corrected chi connectivity index (χ2v) is 6.39. The van der Waals surface area contributed by atoms with Crippen molar-refractivity contribution in [1.29, 1.82) is 0 Å². The molecule has 3 aromatic heterocycles. The van der Waals surface area contributed by atoms with Crippen LogP contribution < -0.4 is 5.32 Å². The molecular formula is C19H17ClN6. The van der Waals surface area contributed by atoms with Crippen molar-refractivity contribution in [3.63, 3.8) is 0 Å². The van der Waals surface area contributed by atoms with E-state index in [1.54, 1.807) is 6.20 Å². The fraction of sp³-hybridized carbons (Fsp3) is 0.158. The molecule has 130 valence electrons. The van der Waals surface area contributed by atoms with Crippen molar-refractivity contribution in [3.05, 3.63) is 77.1 Å². The van der Waals surface area contributed by atoms with Gasteiger partial charge in [0, 0.05) is 17.6 Å². The Balaban J connectivity index is 1.58. The SMILES string of the molecule is Cc1cccc(Cn2ncc3c(CNc4cncc(Cl)n4)cccc32)n1. The predicted octanol–water partition coefficient (Wildman–Crippen LogP) is 3.84. The number of benzene rings is 1. The summed E-state index contributed by atoms with van der Waals surface area (Å²) in [5.74, 6) is 0.644. The third-order valence-electron chi connectivity index (χ3n) is 4.10. The molecule has 0 spiro atoms. The van der Waals surface area contributed by atoms with Crippen molar-refractivity contribution >= 4 is 28.3 Å². The summed E-state index contributed by atoms with van der Waals surface area (Å²) in [5, 5.41) is 9.27. The zero-order valence-corrected chi connectivity index (χ0v) is 15.0. The molecule has 0 radical (unpaired) electrons. The minimum absolute atomic E-state index is 0.367. The minimum atomic E-state index is 0.367. The second-order valence-electron chi connectivity index (χ2n) is 6.00. The van der Waals surface area contributed by atoms with Gasteiger partial charge < -0.3 is 5.32 Å². The van der Waals surface area contributed by atoms with Crippen LogP contribution in [0.5, 0.6) is 0 Å². The van der Waals surface area contributed by atoms with Crippen LogP contribution in [0.15, 0.2) is 55.0 Å². The molecule has 1 aromatic carbocycles. The van der Waals surface area contributed by atoms with E-state index in [0.29, 0.717) is 24.1 Å². The molecule has 0 amide bonds. The number of nitrogens with zero attached hydrogens (tertiary/aromatic N) is 5. The highest BCUT2D eigenvalue weighted by molar-refractivity contribution is 6.29. The molecule has 0 atom stereocenters. The molecule has 4 rings (SSSR count). The van der Waals surface area contributed by atoms with Gasteiger partial charge in [0.2, 0.25) is 0 Å². The van der Waals surface area contributed by atoms with E-state index >= 15 is 0 Å². The van der Waals surface area contributed by atoms with E-state index in [4.69, 9.17) is 11.6 Å². The summed E-state index contributed by atoms with van der Waals surface area (Å²) >= 11 is 5.88. The van der Waals surface area contributed by atoms with Gasteiger partial charge in [-0.2, -0.15) is 5.10 Å². The summed E-state index contributed by atoms with van der Waals surface area (Å²) in [7, 11) is 0. The normalized spacial score (nSPS) is 11.0. The Morgan fingerprint density at radius 3 is 2.77 bits per heavy atom. The Morgan fingerprint density at radius 2 is 1.92 bits per heavy atom. The van der Waals surface area contributed by atoms with Gasteiger partial charge in [-0.15, -0.1) is 0 Å². The van der Waals surface area contributed by atoms with E-state index in [9.17, 15) is 0 Å². The first-order valence-corrected chi connectivity index (χ1v) is 8.64. The minimum Gasteiger partial charge on any atom is -0.365 e. The first-order valence-electron chi connectivity index (χ1n) is 8.26. The standard InChI is InChI=1S/C19H17ClN6/c1-13-4-2-6-15(24-13)12-26-17-7-3-5-14(16(17)9-23-26)8-22-19-11-21-10-18(20)25-19/h2-7,9-11H,8,12H2,1H3,(H,22,25). The lowest BCUT2D eigenvalue weighted by atomic mass is 10.1. The zero-order valence-electron chi connectivity index (χ0n) is 14.2. The summed E-state index contributed by atoms with van der Waals surface area (Å²) in [6, 6.07) is 12.2. The van der Waals surface area contributed by atoms with Crippen molar-refractivity contribution < 1.29 is 0 Å². The number of nitrogens with one attached hydrogen (secondary N) is 1. The number of fused-ring (bicyclic) bond motifs is 1. The first-order chi connectivity index (χ1) is 12.7. The number of halogens is 1. The largest absolute Gasteiger partial charge is 0.365 e. The zero-order chi connectivity index (χ0) is 17.9. The molecule has 0 bridgehead atoms. The third-order valence-corrected chi connectivity index (χ3v) is 4.28. The van der Waals surface area contributed by atoms with Crippen LogP contribution in [0.4, 0.5) is 5.82 Å². The number of aryl methyl sites for hydroxylation is 1. The van der Waals surface area contributed by atoms with Gasteiger partial charge in [-0.3, -0.25) is 14.6 Å². The Morgan fingerprint density at radius 1 is 1.04 bits per heavy atom. The lowest BCUT2D eigenvalue weighted by Crippen LogP contribution is -2.04. The predicted molar refractivity (Wildman–Crippen MR) is 102 cm³/mol. The molecule has 0 saturated heterocycles. The Bertz CT molecular complexity index is 1060. The van der Waals surface area contributed by atoms with Crippen LogP contribution in [-0.2, 0) is 13.1 Å². The fourth-order valence-corrected chi connectivity index (χ4v) is 3.04. The topological polar surface area (TPSA) is 68.5 Å². The maximum Gasteiger partial charge on any atom is 0.149 e. The van der Waals surface area contributed by atoms with Gasteiger partial charge >= 0.3 is 0 Å². The van der Waals surface area contributed by atoms with Gasteiger partial charge in [-0.25, -0.2) is 4.98 Å². The maximum absolute atomic E-state index is 5.88. The molecule has 0 aliphatic heterocycles. The summed E-state index contributed by atoms with van der Waals surface area (Å²) in [6.07, 6.45) is 5.06. The van der Waals surface area contributed by atoms with Crippen LogP contribution in [0, 0.1) is 6.92 Å². The highest BCUT2D eigenvalue weighted by atomic mass is 35.5. The molecule has 4 aromatic rings. The summed E-state index contributed by atoms with van der Waals surface area (Å²) in [5.41, 5.74) is 4.21. The first kappa shape index (κ1) is 16.5. The van der Waals surface area contributed by atoms with Crippen LogP contribution in [0.25, 0.3) is 10.9 Å². The summed E-state index contributed by atoms with van der Waals surface area (Å²) < 4.78 is 1.97. The fourth-order valence-electron chi connectivity index (χ4n) is 2.90. The monoisotopic (exact) mass is 364 g/mol. The number of rotatable bonds is 5. The van der Waals surface area contributed by atoms with Gasteiger partial charge in [-0.05, 0) is 30.7 Å². The smallest absolute Gasteiger partial charge is 0.149 e. The average molecular weight is 365 g/mol. The van der Waals surface area contributed by atoms with Crippen LogP contribution in [0.3, 0.4) is 0 Å².